The van der Waals surface area contributed by atoms with Crippen LogP contribution in [0.25, 0.3) is 0 Å². The Morgan fingerprint density at radius 3 is 1.12 bits per heavy atom. The molecule has 0 aliphatic rings. The van der Waals surface area contributed by atoms with Crippen molar-refractivity contribution in [3.63, 3.8) is 0 Å². The Bertz CT molecular complexity index is 765. The Morgan fingerprint density at radius 1 is 0.500 bits per heavy atom. The fraction of sp³-hybridized carbons (Fsp3) is 0.930. The van der Waals surface area contributed by atoms with Gasteiger partial charge in [0.2, 0.25) is 0 Å². The van der Waals surface area contributed by atoms with Gasteiger partial charge in [0.1, 0.15) is 5.40 Å². The van der Waals surface area contributed by atoms with Crippen molar-refractivity contribution in [2.75, 3.05) is 6.61 Å². The second kappa shape index (κ2) is 42.7. The van der Waals surface area contributed by atoms with Crippen LogP contribution in [0.1, 0.15) is 245 Å². The van der Waals surface area contributed by atoms with Crippen molar-refractivity contribution in [3.05, 3.63) is 0 Å². The van der Waals surface area contributed by atoms with E-state index in [9.17, 15) is 9.59 Å². The zero-order chi connectivity index (χ0) is 38.0. The Hall–Kier alpha value is -1.08. The molecule has 0 fully saturated rings. The van der Waals surface area contributed by atoms with E-state index in [1.54, 1.807) is 0 Å². The van der Waals surface area contributed by atoms with E-state index in [-0.39, 0.29) is 24.7 Å². The molecule has 0 aliphatic carbocycles. The summed E-state index contributed by atoms with van der Waals surface area (Å²) in [7, 11) is -3.16. The SMILES string of the molecule is CCCCCCCCCCCCCCCCCC(=O)O[SiH](OOCC(CCCC)SC#N)OC(=O)CCCCCCCCCCCCCCCCC. The number of unbranched alkanes of at least 4 members (excludes halogenated alkanes) is 29. The first kappa shape index (κ1) is 50.9. The van der Waals surface area contributed by atoms with Crippen LogP contribution < -0.4 is 0 Å². The maximum Gasteiger partial charge on any atom is 0.647 e. The number of thioether (sulfide) groups is 1. The van der Waals surface area contributed by atoms with E-state index < -0.39 is 21.5 Å². The highest BCUT2D eigenvalue weighted by Gasteiger charge is 2.27. The van der Waals surface area contributed by atoms with E-state index in [0.717, 1.165) is 69.5 Å². The van der Waals surface area contributed by atoms with Gasteiger partial charge in [-0.15, -0.1) is 0 Å². The number of nitriles is 1. The lowest BCUT2D eigenvalue weighted by atomic mass is 10.0. The van der Waals surface area contributed by atoms with E-state index >= 15 is 0 Å². The fourth-order valence-electron chi connectivity index (χ4n) is 6.53. The molecule has 0 aromatic carbocycles. The fourth-order valence-corrected chi connectivity index (χ4v) is 8.07. The van der Waals surface area contributed by atoms with Gasteiger partial charge in [0.15, 0.2) is 0 Å². The number of carbonyl (C=O) groups is 2. The van der Waals surface area contributed by atoms with Gasteiger partial charge in [-0.05, 0) is 31.0 Å². The molecule has 0 aliphatic heterocycles. The van der Waals surface area contributed by atoms with Crippen molar-refractivity contribution < 1.29 is 27.9 Å². The lowest BCUT2D eigenvalue weighted by Crippen LogP contribution is -2.33. The van der Waals surface area contributed by atoms with E-state index in [0.29, 0.717) is 0 Å². The highest BCUT2D eigenvalue weighted by Crippen LogP contribution is 2.18. The number of thiocyanates is 1. The van der Waals surface area contributed by atoms with Crippen LogP contribution in [0.4, 0.5) is 0 Å². The standard InChI is InChI=1S/C43H83NO6SSi/c1-4-7-10-12-14-16-18-20-22-24-26-28-30-32-34-37-42(45)48-52(50-47-39-41(51-40-44)36-9-6-3)49-43(46)38-35-33-31-29-27-25-23-21-19-17-15-13-11-8-5-2/h41,52H,4-39H2,1-3H3. The van der Waals surface area contributed by atoms with Crippen LogP contribution >= 0.6 is 11.8 Å². The van der Waals surface area contributed by atoms with Gasteiger partial charge in [-0.2, -0.15) is 5.26 Å². The minimum atomic E-state index is -3.16. The van der Waals surface area contributed by atoms with Gasteiger partial charge in [-0.3, -0.25) is 9.59 Å². The predicted molar refractivity (Wildman–Crippen MR) is 222 cm³/mol. The third-order valence-corrected chi connectivity index (χ3v) is 11.9. The lowest BCUT2D eigenvalue weighted by molar-refractivity contribution is -0.238. The van der Waals surface area contributed by atoms with Gasteiger partial charge >= 0.3 is 9.53 Å². The topological polar surface area (TPSA) is 94.9 Å². The van der Waals surface area contributed by atoms with Crippen LogP contribution in [-0.2, 0) is 27.9 Å². The molecule has 0 N–H and O–H groups in total. The van der Waals surface area contributed by atoms with Crippen LogP contribution in [0.15, 0.2) is 0 Å². The summed E-state index contributed by atoms with van der Waals surface area (Å²) in [5, 5.41) is 11.2. The van der Waals surface area contributed by atoms with Crippen LogP contribution in [0.3, 0.4) is 0 Å². The molecule has 0 aromatic heterocycles. The number of hydrogen-bond donors (Lipinski definition) is 0. The van der Waals surface area contributed by atoms with Crippen LogP contribution in [0.2, 0.25) is 0 Å². The summed E-state index contributed by atoms with van der Waals surface area (Å²) in [5.41, 5.74) is 0. The molecule has 306 valence electrons. The van der Waals surface area contributed by atoms with Gasteiger partial charge in [-0.1, -0.05) is 213 Å². The Labute approximate surface area is 328 Å². The van der Waals surface area contributed by atoms with E-state index in [1.807, 2.05) is 0 Å². The van der Waals surface area contributed by atoms with Crippen LogP contribution in [0.5, 0.6) is 0 Å². The first-order valence-corrected chi connectivity index (χ1v) is 24.6. The Balaban J connectivity index is 4.23. The molecule has 1 atom stereocenters. The molecule has 0 spiro atoms. The van der Waals surface area contributed by atoms with Crippen LogP contribution in [-0.4, -0.2) is 33.3 Å². The average Bonchev–Trinajstić information content (AvgIpc) is 3.13. The van der Waals surface area contributed by atoms with Crippen molar-refractivity contribution >= 4 is 33.2 Å². The van der Waals surface area contributed by atoms with E-state index in [2.05, 4.69) is 26.2 Å². The van der Waals surface area contributed by atoms with Crippen molar-refractivity contribution in [1.29, 1.82) is 5.26 Å². The molecule has 52 heavy (non-hydrogen) atoms. The normalized spacial score (nSPS) is 11.9. The zero-order valence-corrected chi connectivity index (χ0v) is 36.4. The van der Waals surface area contributed by atoms with Gasteiger partial charge in [0.05, 0.1) is 6.61 Å². The lowest BCUT2D eigenvalue weighted by Gasteiger charge is -2.17. The monoisotopic (exact) mass is 770 g/mol. The van der Waals surface area contributed by atoms with Crippen LogP contribution in [0, 0.1) is 10.7 Å². The number of hydrogen-bond acceptors (Lipinski definition) is 8. The molecule has 0 aromatic rings. The van der Waals surface area contributed by atoms with Crippen molar-refractivity contribution in [2.45, 2.75) is 251 Å². The van der Waals surface area contributed by atoms with E-state index in [4.69, 9.17) is 23.6 Å². The molecule has 7 nitrogen and oxygen atoms in total. The summed E-state index contributed by atoms with van der Waals surface area (Å²) in [5.74, 6) is -0.799. The first-order chi connectivity index (χ1) is 25.6. The summed E-state index contributed by atoms with van der Waals surface area (Å²) < 4.78 is 16.5. The molecule has 9 heteroatoms. The maximum atomic E-state index is 12.7. The molecule has 0 radical (unpaired) electrons. The van der Waals surface area contributed by atoms with Crippen molar-refractivity contribution in [2.24, 2.45) is 0 Å². The molecule has 0 saturated heterocycles. The highest BCUT2D eigenvalue weighted by atomic mass is 32.2. The summed E-state index contributed by atoms with van der Waals surface area (Å²) in [6.07, 6.45) is 41.4. The number of carbonyl (C=O) groups excluding carboxylic acids is 2. The third-order valence-electron chi connectivity index (χ3n) is 9.92. The number of nitrogens with zero attached hydrogens (tertiary/aromatic N) is 1. The molecule has 0 bridgehead atoms. The molecule has 0 amide bonds. The van der Waals surface area contributed by atoms with Crippen molar-refractivity contribution in [3.8, 4) is 5.40 Å². The maximum absolute atomic E-state index is 12.7. The van der Waals surface area contributed by atoms with Crippen molar-refractivity contribution in [1.82, 2.24) is 0 Å². The van der Waals surface area contributed by atoms with E-state index in [1.165, 1.54) is 154 Å². The molecule has 0 rings (SSSR count). The molecule has 1 unspecified atom stereocenters. The Morgan fingerprint density at radius 2 is 0.808 bits per heavy atom. The summed E-state index contributed by atoms with van der Waals surface area (Å²) in [6, 6.07) is 0. The Kier molecular flexibility index (Phi) is 41.8. The second-order valence-electron chi connectivity index (χ2n) is 15.0. The minimum absolute atomic E-state index is 0.0494. The smallest absolute Gasteiger partial charge is 0.465 e. The number of rotatable bonds is 42. The van der Waals surface area contributed by atoms with Gasteiger partial charge in [-0.25, -0.2) is 9.46 Å². The van der Waals surface area contributed by atoms with Gasteiger partial charge in [0.25, 0.3) is 11.9 Å². The average molecular weight is 770 g/mol. The first-order valence-electron chi connectivity index (χ1n) is 22.3. The molecular weight excluding hydrogens is 687 g/mol. The zero-order valence-electron chi connectivity index (χ0n) is 34.4. The summed E-state index contributed by atoms with van der Waals surface area (Å²) in [4.78, 5) is 30.7. The third kappa shape index (κ3) is 38.6. The summed E-state index contributed by atoms with van der Waals surface area (Å²) in [6.45, 7) is 6.82. The largest absolute Gasteiger partial charge is 0.647 e. The quantitative estimate of drug-likeness (QED) is 0.0199. The molecular formula is C43H83NO6SSi. The molecule has 0 saturated carbocycles. The second-order valence-corrected chi connectivity index (χ2v) is 17.3. The highest BCUT2D eigenvalue weighted by molar-refractivity contribution is 8.04. The van der Waals surface area contributed by atoms with Gasteiger partial charge < -0.3 is 8.85 Å². The summed E-state index contributed by atoms with van der Waals surface area (Å²) >= 11 is 1.15. The van der Waals surface area contributed by atoms with Gasteiger partial charge in [0, 0.05) is 18.1 Å². The minimum Gasteiger partial charge on any atom is -0.465 e. The molecule has 0 heterocycles. The predicted octanol–water partition coefficient (Wildman–Crippen LogP) is 14.0.